The number of aryl methyl sites for hydroxylation is 1. The van der Waals surface area contributed by atoms with Crippen molar-refractivity contribution < 1.29 is 0 Å². The number of anilines is 6. The van der Waals surface area contributed by atoms with E-state index in [0.717, 1.165) is 34.1 Å². The Labute approximate surface area is 356 Å². The van der Waals surface area contributed by atoms with Gasteiger partial charge < -0.3 is 9.80 Å². The molecular weight excluding hydrogens is 737 g/mol. The van der Waals surface area contributed by atoms with Crippen LogP contribution in [0.5, 0.6) is 0 Å². The summed E-state index contributed by atoms with van der Waals surface area (Å²) in [5, 5.41) is 9.70. The van der Waals surface area contributed by atoms with Gasteiger partial charge in [-0.25, -0.2) is 0 Å². The summed E-state index contributed by atoms with van der Waals surface area (Å²) in [7, 11) is 0. The summed E-state index contributed by atoms with van der Waals surface area (Å²) in [6, 6.07) is 86.1. The fourth-order valence-electron chi connectivity index (χ4n) is 9.37. The molecule has 0 bridgehead atoms. The molecule has 0 spiro atoms. The van der Waals surface area contributed by atoms with Gasteiger partial charge >= 0.3 is 0 Å². The normalized spacial score (nSPS) is 11.4. The van der Waals surface area contributed by atoms with Crippen molar-refractivity contribution in [3.8, 4) is 22.3 Å². The van der Waals surface area contributed by atoms with Gasteiger partial charge in [0.2, 0.25) is 0 Å². The second kappa shape index (κ2) is 15.3. The molecule has 288 valence electrons. The van der Waals surface area contributed by atoms with E-state index < -0.39 is 0 Å². The lowest BCUT2D eigenvalue weighted by atomic mass is 9.83. The third-order valence-electron chi connectivity index (χ3n) is 12.1. The molecule has 2 nitrogen and oxygen atoms in total. The van der Waals surface area contributed by atoms with Crippen LogP contribution in [0.1, 0.15) is 5.56 Å². The minimum atomic E-state index is 1.10. The molecule has 0 heterocycles. The highest BCUT2D eigenvalue weighted by atomic mass is 15.1. The molecule has 0 radical (unpaired) electrons. The minimum Gasteiger partial charge on any atom is -0.310 e. The number of hydrogen-bond donors (Lipinski definition) is 0. The molecule has 0 saturated heterocycles. The molecule has 0 aliphatic carbocycles. The second-order valence-corrected chi connectivity index (χ2v) is 15.7. The fraction of sp³-hybridized carbons (Fsp3) is 0.0169. The lowest BCUT2D eigenvalue weighted by Crippen LogP contribution is -2.10. The van der Waals surface area contributed by atoms with Crippen molar-refractivity contribution in [1.29, 1.82) is 0 Å². The van der Waals surface area contributed by atoms with Gasteiger partial charge in [-0.05, 0) is 139 Å². The van der Waals surface area contributed by atoms with Gasteiger partial charge in [0.15, 0.2) is 0 Å². The first kappa shape index (κ1) is 36.2. The number of nitrogens with zero attached hydrogens (tertiary/aromatic N) is 2. The first-order valence-electron chi connectivity index (χ1n) is 21.0. The van der Waals surface area contributed by atoms with Gasteiger partial charge in [-0.15, -0.1) is 0 Å². The Hall–Kier alpha value is -7.94. The molecule has 61 heavy (non-hydrogen) atoms. The summed E-state index contributed by atoms with van der Waals surface area (Å²) in [5.41, 5.74) is 12.8. The van der Waals surface area contributed by atoms with Crippen LogP contribution in [0.15, 0.2) is 237 Å². The quantitative estimate of drug-likeness (QED) is 0.142. The predicted octanol–water partition coefficient (Wildman–Crippen LogP) is 16.9. The van der Waals surface area contributed by atoms with E-state index in [0.29, 0.717) is 0 Å². The zero-order chi connectivity index (χ0) is 40.7. The average molecular weight is 779 g/mol. The van der Waals surface area contributed by atoms with Crippen LogP contribution in [0, 0.1) is 6.92 Å². The number of fused-ring (bicyclic) bond motifs is 4. The standard InChI is InChI=1S/C59H42N2/c1-41-19-11-14-30-49(41)58-53-38-36-48(61(46-28-9-4-10-29-46)57-34-18-23-43-21-13-16-32-51(43)57)40-56(53)59(52-33-17-22-42-20-12-15-31-50(42)52)54-37-35-47(39-55(54)58)60(44-24-5-2-6-25-44)45-26-7-3-8-27-45/h2-40H,1H3. The van der Waals surface area contributed by atoms with Crippen molar-refractivity contribution in [2.75, 3.05) is 9.80 Å². The molecule has 11 aromatic carbocycles. The minimum absolute atomic E-state index is 1.10. The maximum absolute atomic E-state index is 2.44. The summed E-state index contributed by atoms with van der Waals surface area (Å²) in [5.74, 6) is 0. The van der Waals surface area contributed by atoms with Gasteiger partial charge in [0.05, 0.1) is 5.69 Å². The van der Waals surface area contributed by atoms with Gasteiger partial charge in [-0.2, -0.15) is 0 Å². The van der Waals surface area contributed by atoms with Crippen molar-refractivity contribution in [3.05, 3.63) is 242 Å². The van der Waals surface area contributed by atoms with Crippen molar-refractivity contribution in [1.82, 2.24) is 0 Å². The zero-order valence-electron chi connectivity index (χ0n) is 33.9. The Bertz CT molecular complexity index is 3320. The third-order valence-corrected chi connectivity index (χ3v) is 12.1. The molecule has 0 aliphatic heterocycles. The van der Waals surface area contributed by atoms with Crippen LogP contribution in [0.3, 0.4) is 0 Å². The largest absolute Gasteiger partial charge is 0.310 e. The fourth-order valence-corrected chi connectivity index (χ4v) is 9.37. The van der Waals surface area contributed by atoms with Crippen LogP contribution < -0.4 is 9.80 Å². The summed E-state index contributed by atoms with van der Waals surface area (Å²) >= 11 is 0. The predicted molar refractivity (Wildman–Crippen MR) is 261 cm³/mol. The van der Waals surface area contributed by atoms with Gasteiger partial charge in [-0.1, -0.05) is 170 Å². The number of hydrogen-bond acceptors (Lipinski definition) is 2. The van der Waals surface area contributed by atoms with E-state index in [-0.39, 0.29) is 0 Å². The summed E-state index contributed by atoms with van der Waals surface area (Å²) in [4.78, 5) is 4.79. The van der Waals surface area contributed by atoms with Crippen LogP contribution in [0.25, 0.3) is 65.3 Å². The third kappa shape index (κ3) is 6.37. The van der Waals surface area contributed by atoms with Crippen LogP contribution in [-0.2, 0) is 0 Å². The topological polar surface area (TPSA) is 6.48 Å². The number of para-hydroxylation sites is 3. The molecule has 0 atom stereocenters. The highest BCUT2D eigenvalue weighted by Crippen LogP contribution is 2.50. The van der Waals surface area contributed by atoms with Gasteiger partial charge in [0.25, 0.3) is 0 Å². The van der Waals surface area contributed by atoms with E-state index in [1.54, 1.807) is 0 Å². The van der Waals surface area contributed by atoms with E-state index in [1.807, 2.05) is 0 Å². The molecule has 0 saturated carbocycles. The first-order valence-corrected chi connectivity index (χ1v) is 21.0. The number of rotatable bonds is 8. The van der Waals surface area contributed by atoms with Crippen LogP contribution >= 0.6 is 0 Å². The Morgan fingerprint density at radius 1 is 0.262 bits per heavy atom. The lowest BCUT2D eigenvalue weighted by Gasteiger charge is -2.29. The van der Waals surface area contributed by atoms with E-state index in [2.05, 4.69) is 253 Å². The molecule has 11 aromatic rings. The Morgan fingerprint density at radius 3 is 1.30 bits per heavy atom. The second-order valence-electron chi connectivity index (χ2n) is 15.7. The molecule has 2 heteroatoms. The lowest BCUT2D eigenvalue weighted by molar-refractivity contribution is 1.29. The molecule has 0 N–H and O–H groups in total. The van der Waals surface area contributed by atoms with Crippen molar-refractivity contribution in [2.45, 2.75) is 6.92 Å². The Balaban J connectivity index is 1.28. The monoisotopic (exact) mass is 778 g/mol. The smallest absolute Gasteiger partial charge is 0.0540 e. The van der Waals surface area contributed by atoms with Crippen LogP contribution in [0.4, 0.5) is 34.1 Å². The molecule has 0 aliphatic rings. The summed E-state index contributed by atoms with van der Waals surface area (Å²) in [6.07, 6.45) is 0. The Morgan fingerprint density at radius 2 is 0.689 bits per heavy atom. The van der Waals surface area contributed by atoms with Crippen molar-refractivity contribution >= 4 is 77.2 Å². The molecule has 11 rings (SSSR count). The van der Waals surface area contributed by atoms with Gasteiger partial charge in [0.1, 0.15) is 0 Å². The Kier molecular flexibility index (Phi) is 9.09. The van der Waals surface area contributed by atoms with E-state index in [9.17, 15) is 0 Å². The van der Waals surface area contributed by atoms with E-state index in [1.165, 1.54) is 70.9 Å². The van der Waals surface area contributed by atoms with Gasteiger partial charge in [-0.3, -0.25) is 0 Å². The molecule has 0 fully saturated rings. The first-order chi connectivity index (χ1) is 30.2. The molecule has 0 aromatic heterocycles. The van der Waals surface area contributed by atoms with E-state index >= 15 is 0 Å². The molecular formula is C59H42N2. The molecule has 0 amide bonds. The SMILES string of the molecule is Cc1ccccc1-c1c2cc(N(c3ccccc3)c3ccccc3)ccc2c(-c2cccc3ccccc23)c2cc(N(c3ccccc3)c3cccc4ccccc34)ccc12. The van der Waals surface area contributed by atoms with E-state index in [4.69, 9.17) is 0 Å². The van der Waals surface area contributed by atoms with Crippen LogP contribution in [0.2, 0.25) is 0 Å². The van der Waals surface area contributed by atoms with Crippen molar-refractivity contribution in [3.63, 3.8) is 0 Å². The maximum Gasteiger partial charge on any atom is 0.0540 e. The van der Waals surface area contributed by atoms with Crippen LogP contribution in [-0.4, -0.2) is 0 Å². The molecule has 0 unspecified atom stereocenters. The summed E-state index contributed by atoms with van der Waals surface area (Å²) in [6.45, 7) is 2.24. The highest BCUT2D eigenvalue weighted by molar-refractivity contribution is 6.25. The zero-order valence-corrected chi connectivity index (χ0v) is 33.9. The average Bonchev–Trinajstić information content (AvgIpc) is 3.32. The maximum atomic E-state index is 2.44. The van der Waals surface area contributed by atoms with Gasteiger partial charge in [0, 0.05) is 33.8 Å². The summed E-state index contributed by atoms with van der Waals surface area (Å²) < 4.78 is 0. The highest BCUT2D eigenvalue weighted by Gasteiger charge is 2.23. The number of benzene rings is 11. The van der Waals surface area contributed by atoms with Crippen molar-refractivity contribution in [2.24, 2.45) is 0 Å².